The van der Waals surface area contributed by atoms with Crippen LogP contribution in [0.1, 0.15) is 25.3 Å². The van der Waals surface area contributed by atoms with Gasteiger partial charge in [0.1, 0.15) is 0 Å². The van der Waals surface area contributed by atoms with E-state index in [4.69, 9.17) is 4.42 Å². The second kappa shape index (κ2) is 6.51. The molecule has 2 aromatic rings. The molecular formula is C13H22N6O. The SMILES string of the molecule is CC(C)CNCc1nnc(N(C)Cc2cnn(C)c2)o1. The van der Waals surface area contributed by atoms with Crippen LogP contribution < -0.4 is 10.2 Å². The minimum atomic E-state index is 0.523. The lowest BCUT2D eigenvalue weighted by Crippen LogP contribution is -2.19. The number of anilines is 1. The van der Waals surface area contributed by atoms with Gasteiger partial charge in [-0.2, -0.15) is 5.10 Å². The van der Waals surface area contributed by atoms with Gasteiger partial charge < -0.3 is 14.6 Å². The van der Waals surface area contributed by atoms with Crippen molar-refractivity contribution in [3.05, 3.63) is 23.8 Å². The minimum absolute atomic E-state index is 0.523. The van der Waals surface area contributed by atoms with E-state index in [1.807, 2.05) is 31.4 Å². The monoisotopic (exact) mass is 278 g/mol. The molecule has 0 aliphatic heterocycles. The number of rotatable bonds is 7. The summed E-state index contributed by atoms with van der Waals surface area (Å²) in [4.78, 5) is 1.91. The lowest BCUT2D eigenvalue weighted by molar-refractivity contribution is 0.450. The summed E-state index contributed by atoms with van der Waals surface area (Å²) in [6, 6.07) is 0.523. The zero-order valence-corrected chi connectivity index (χ0v) is 12.5. The van der Waals surface area contributed by atoms with Gasteiger partial charge in [-0.25, -0.2) is 0 Å². The van der Waals surface area contributed by atoms with Gasteiger partial charge in [0.25, 0.3) is 0 Å². The van der Waals surface area contributed by atoms with Crippen molar-refractivity contribution in [2.75, 3.05) is 18.5 Å². The van der Waals surface area contributed by atoms with Crippen molar-refractivity contribution in [2.24, 2.45) is 13.0 Å². The van der Waals surface area contributed by atoms with Crippen molar-refractivity contribution in [1.29, 1.82) is 0 Å². The Balaban J connectivity index is 1.87. The van der Waals surface area contributed by atoms with Crippen molar-refractivity contribution in [3.8, 4) is 0 Å². The molecular weight excluding hydrogens is 256 g/mol. The average molecular weight is 278 g/mol. The lowest BCUT2D eigenvalue weighted by Gasteiger charge is -2.11. The van der Waals surface area contributed by atoms with Gasteiger partial charge in [0.2, 0.25) is 5.89 Å². The molecule has 7 nitrogen and oxygen atoms in total. The average Bonchev–Trinajstić information content (AvgIpc) is 2.98. The van der Waals surface area contributed by atoms with Crippen LogP contribution in [0.15, 0.2) is 16.8 Å². The largest absolute Gasteiger partial charge is 0.407 e. The molecule has 0 radical (unpaired) electrons. The second-order valence-electron chi connectivity index (χ2n) is 5.38. The maximum Gasteiger partial charge on any atom is 0.318 e. The van der Waals surface area contributed by atoms with Crippen LogP contribution in [-0.4, -0.2) is 33.6 Å². The summed E-state index contributed by atoms with van der Waals surface area (Å²) < 4.78 is 7.40. The summed E-state index contributed by atoms with van der Waals surface area (Å²) in [5.74, 6) is 1.21. The topological polar surface area (TPSA) is 72.0 Å². The fourth-order valence-corrected chi connectivity index (χ4v) is 1.83. The van der Waals surface area contributed by atoms with Crippen LogP contribution in [0, 0.1) is 5.92 Å². The summed E-state index contributed by atoms with van der Waals surface area (Å²) in [6.45, 7) is 6.55. The van der Waals surface area contributed by atoms with Gasteiger partial charge in [-0.1, -0.05) is 18.9 Å². The third-order valence-corrected chi connectivity index (χ3v) is 2.79. The fraction of sp³-hybridized carbons (Fsp3) is 0.615. The third kappa shape index (κ3) is 4.06. The van der Waals surface area contributed by atoms with E-state index in [1.165, 1.54) is 0 Å². The van der Waals surface area contributed by atoms with E-state index >= 15 is 0 Å². The molecule has 0 amide bonds. The highest BCUT2D eigenvalue weighted by molar-refractivity contribution is 5.24. The zero-order valence-electron chi connectivity index (χ0n) is 12.5. The summed E-state index contributed by atoms with van der Waals surface area (Å²) in [5, 5.41) is 15.5. The Kier molecular flexibility index (Phi) is 4.73. The Morgan fingerprint density at radius 2 is 2.20 bits per heavy atom. The van der Waals surface area contributed by atoms with Gasteiger partial charge in [0, 0.05) is 25.9 Å². The van der Waals surface area contributed by atoms with Crippen molar-refractivity contribution in [3.63, 3.8) is 0 Å². The second-order valence-corrected chi connectivity index (χ2v) is 5.38. The molecule has 2 heterocycles. The van der Waals surface area contributed by atoms with Crippen LogP contribution in [-0.2, 0) is 20.1 Å². The molecule has 0 unspecified atom stereocenters. The first-order chi connectivity index (χ1) is 9.54. The van der Waals surface area contributed by atoms with Crippen molar-refractivity contribution < 1.29 is 4.42 Å². The molecule has 0 atom stereocenters. The van der Waals surface area contributed by atoms with E-state index in [0.717, 1.165) is 12.1 Å². The summed E-state index contributed by atoms with van der Waals surface area (Å²) in [5.41, 5.74) is 1.10. The molecule has 0 aliphatic carbocycles. The van der Waals surface area contributed by atoms with Gasteiger partial charge in [-0.3, -0.25) is 4.68 Å². The maximum absolute atomic E-state index is 5.62. The first-order valence-corrected chi connectivity index (χ1v) is 6.76. The van der Waals surface area contributed by atoms with Gasteiger partial charge in [-0.05, 0) is 12.5 Å². The molecule has 0 saturated heterocycles. The number of aromatic nitrogens is 4. The van der Waals surface area contributed by atoms with E-state index < -0.39 is 0 Å². The number of hydrogen-bond acceptors (Lipinski definition) is 6. The predicted molar refractivity (Wildman–Crippen MR) is 76.2 cm³/mol. The molecule has 0 saturated carbocycles. The van der Waals surface area contributed by atoms with E-state index in [1.54, 1.807) is 4.68 Å². The molecule has 0 spiro atoms. The Hall–Kier alpha value is -1.89. The molecule has 110 valence electrons. The Morgan fingerprint density at radius 3 is 2.85 bits per heavy atom. The molecule has 2 rings (SSSR count). The molecule has 0 aliphatic rings. The van der Waals surface area contributed by atoms with E-state index in [-0.39, 0.29) is 0 Å². The van der Waals surface area contributed by atoms with Gasteiger partial charge in [0.05, 0.1) is 19.3 Å². The first-order valence-electron chi connectivity index (χ1n) is 6.76. The molecule has 0 aromatic carbocycles. The highest BCUT2D eigenvalue weighted by Crippen LogP contribution is 2.13. The summed E-state index contributed by atoms with van der Waals surface area (Å²) >= 11 is 0. The Labute approximate surface area is 119 Å². The third-order valence-electron chi connectivity index (χ3n) is 2.79. The molecule has 0 bridgehead atoms. The molecule has 20 heavy (non-hydrogen) atoms. The number of nitrogens with zero attached hydrogens (tertiary/aromatic N) is 5. The van der Waals surface area contributed by atoms with Crippen molar-refractivity contribution >= 4 is 6.01 Å². The van der Waals surface area contributed by atoms with Gasteiger partial charge in [-0.15, -0.1) is 5.10 Å². The van der Waals surface area contributed by atoms with E-state index in [2.05, 4.69) is 34.5 Å². The zero-order chi connectivity index (χ0) is 14.5. The van der Waals surface area contributed by atoms with Crippen LogP contribution in [0.2, 0.25) is 0 Å². The normalized spacial score (nSPS) is 11.2. The van der Waals surface area contributed by atoms with Crippen LogP contribution in [0.4, 0.5) is 6.01 Å². The predicted octanol–water partition coefficient (Wildman–Crippen LogP) is 1.19. The van der Waals surface area contributed by atoms with Crippen molar-refractivity contribution in [2.45, 2.75) is 26.9 Å². The summed E-state index contributed by atoms with van der Waals surface area (Å²) in [6.07, 6.45) is 3.80. The number of hydrogen-bond donors (Lipinski definition) is 1. The Morgan fingerprint density at radius 1 is 1.40 bits per heavy atom. The van der Waals surface area contributed by atoms with Crippen LogP contribution in [0.5, 0.6) is 0 Å². The van der Waals surface area contributed by atoms with Crippen LogP contribution >= 0.6 is 0 Å². The standard InChI is InChI=1S/C13H22N6O/c1-10(2)5-14-7-12-16-17-13(20-12)18(3)8-11-6-15-19(4)9-11/h6,9-10,14H,5,7-8H2,1-4H3. The lowest BCUT2D eigenvalue weighted by atomic mass is 10.2. The van der Waals surface area contributed by atoms with Gasteiger partial charge >= 0.3 is 6.01 Å². The quantitative estimate of drug-likeness (QED) is 0.820. The van der Waals surface area contributed by atoms with Gasteiger partial charge in [0.15, 0.2) is 0 Å². The number of aryl methyl sites for hydroxylation is 1. The fourth-order valence-electron chi connectivity index (χ4n) is 1.83. The highest BCUT2D eigenvalue weighted by atomic mass is 16.4. The molecule has 1 N–H and O–H groups in total. The minimum Gasteiger partial charge on any atom is -0.407 e. The van der Waals surface area contributed by atoms with Crippen LogP contribution in [0.3, 0.4) is 0 Å². The maximum atomic E-state index is 5.62. The number of nitrogens with one attached hydrogen (secondary N) is 1. The molecule has 7 heteroatoms. The van der Waals surface area contributed by atoms with Crippen LogP contribution in [0.25, 0.3) is 0 Å². The molecule has 0 fully saturated rings. The van der Waals surface area contributed by atoms with E-state index in [9.17, 15) is 0 Å². The van der Waals surface area contributed by atoms with Crippen molar-refractivity contribution in [1.82, 2.24) is 25.3 Å². The Bertz CT molecular complexity index is 532. The summed E-state index contributed by atoms with van der Waals surface area (Å²) in [7, 11) is 3.82. The smallest absolute Gasteiger partial charge is 0.318 e. The van der Waals surface area contributed by atoms with E-state index in [0.29, 0.717) is 30.9 Å². The highest BCUT2D eigenvalue weighted by Gasteiger charge is 2.11. The molecule has 2 aromatic heterocycles. The first kappa shape index (κ1) is 14.5.